The number of amides is 1. The second kappa shape index (κ2) is 6.09. The Balaban J connectivity index is 2.22. The lowest BCUT2D eigenvalue weighted by atomic mass is 10.2. The fourth-order valence-electron chi connectivity index (χ4n) is 1.82. The number of thiazole rings is 1. The summed E-state index contributed by atoms with van der Waals surface area (Å²) >= 11 is 12.9. The van der Waals surface area contributed by atoms with Gasteiger partial charge in [-0.3, -0.25) is 14.2 Å². The standard InChI is InChI=1S/C13H13Cl2N3O2S/c1-6-7(2)21-13(20)18(6)5-11(19)17-12-9(15)3-8(14)4-10(12)16/h3-4H,5,16H2,1-2H3,(H,17,19). The molecule has 0 atom stereocenters. The molecule has 0 spiro atoms. The molecule has 0 radical (unpaired) electrons. The Bertz CT molecular complexity index is 744. The number of nitrogens with one attached hydrogen (secondary N) is 1. The van der Waals surface area contributed by atoms with E-state index in [4.69, 9.17) is 28.9 Å². The molecule has 0 fully saturated rings. The van der Waals surface area contributed by atoms with E-state index in [0.717, 1.165) is 21.9 Å². The summed E-state index contributed by atoms with van der Waals surface area (Å²) in [5.74, 6) is -0.381. The van der Waals surface area contributed by atoms with Crippen LogP contribution in [-0.4, -0.2) is 10.5 Å². The Labute approximate surface area is 135 Å². The first-order chi connectivity index (χ1) is 9.79. The van der Waals surface area contributed by atoms with Gasteiger partial charge in [-0.15, -0.1) is 0 Å². The molecule has 2 rings (SSSR count). The molecule has 2 aromatic rings. The lowest BCUT2D eigenvalue weighted by Gasteiger charge is -2.11. The van der Waals surface area contributed by atoms with E-state index in [0.29, 0.717) is 10.7 Å². The monoisotopic (exact) mass is 345 g/mol. The molecule has 0 aliphatic carbocycles. The molecule has 0 saturated carbocycles. The molecule has 5 nitrogen and oxygen atoms in total. The number of benzene rings is 1. The van der Waals surface area contributed by atoms with Gasteiger partial charge in [0.05, 0.1) is 16.4 Å². The number of hydrogen-bond donors (Lipinski definition) is 2. The lowest BCUT2D eigenvalue weighted by molar-refractivity contribution is -0.116. The number of nitrogens with zero attached hydrogens (tertiary/aromatic N) is 1. The highest BCUT2D eigenvalue weighted by Gasteiger charge is 2.14. The Morgan fingerprint density at radius 2 is 2.05 bits per heavy atom. The van der Waals surface area contributed by atoms with Crippen LogP contribution in [0.5, 0.6) is 0 Å². The zero-order valence-electron chi connectivity index (χ0n) is 11.4. The summed E-state index contributed by atoms with van der Waals surface area (Å²) in [5.41, 5.74) is 7.12. The topological polar surface area (TPSA) is 77.1 Å². The Morgan fingerprint density at radius 1 is 1.38 bits per heavy atom. The summed E-state index contributed by atoms with van der Waals surface area (Å²) in [5, 5.41) is 3.24. The second-order valence-corrected chi connectivity index (χ2v) is 6.51. The van der Waals surface area contributed by atoms with Crippen LogP contribution in [0.4, 0.5) is 11.4 Å². The van der Waals surface area contributed by atoms with Crippen molar-refractivity contribution >= 4 is 51.8 Å². The van der Waals surface area contributed by atoms with E-state index >= 15 is 0 Å². The number of anilines is 2. The smallest absolute Gasteiger partial charge is 0.308 e. The normalized spacial score (nSPS) is 10.7. The molecule has 112 valence electrons. The van der Waals surface area contributed by atoms with Gasteiger partial charge in [-0.1, -0.05) is 34.5 Å². The average Bonchev–Trinajstić information content (AvgIpc) is 2.60. The first kappa shape index (κ1) is 15.9. The first-order valence-electron chi connectivity index (χ1n) is 6.00. The van der Waals surface area contributed by atoms with E-state index < -0.39 is 0 Å². The molecule has 1 amide bonds. The van der Waals surface area contributed by atoms with Crippen LogP contribution in [0.2, 0.25) is 10.0 Å². The van der Waals surface area contributed by atoms with E-state index in [-0.39, 0.29) is 28.0 Å². The minimum atomic E-state index is -0.381. The fourth-order valence-corrected chi connectivity index (χ4v) is 3.21. The largest absolute Gasteiger partial charge is 0.397 e. The van der Waals surface area contributed by atoms with Crippen LogP contribution < -0.4 is 15.9 Å². The third-order valence-electron chi connectivity index (χ3n) is 3.03. The highest BCUT2D eigenvalue weighted by Crippen LogP contribution is 2.32. The second-order valence-electron chi connectivity index (χ2n) is 4.50. The molecule has 0 bridgehead atoms. The zero-order valence-corrected chi connectivity index (χ0v) is 13.7. The summed E-state index contributed by atoms with van der Waals surface area (Å²) in [6.07, 6.45) is 0. The van der Waals surface area contributed by atoms with Crippen LogP contribution in [0, 0.1) is 13.8 Å². The van der Waals surface area contributed by atoms with Gasteiger partial charge in [-0.2, -0.15) is 0 Å². The Morgan fingerprint density at radius 3 is 2.57 bits per heavy atom. The first-order valence-corrected chi connectivity index (χ1v) is 7.58. The highest BCUT2D eigenvalue weighted by molar-refractivity contribution is 7.09. The summed E-state index contributed by atoms with van der Waals surface area (Å²) in [6, 6.07) is 2.98. The van der Waals surface area contributed by atoms with E-state index in [2.05, 4.69) is 5.32 Å². The van der Waals surface area contributed by atoms with Gasteiger partial charge in [0.1, 0.15) is 6.54 Å². The van der Waals surface area contributed by atoms with Crippen molar-refractivity contribution in [3.8, 4) is 0 Å². The SMILES string of the molecule is Cc1sc(=O)n(CC(=O)Nc2c(N)cc(Cl)cc2Cl)c1C. The maximum absolute atomic E-state index is 12.1. The van der Waals surface area contributed by atoms with Crippen molar-refractivity contribution in [1.82, 2.24) is 4.57 Å². The molecule has 8 heteroatoms. The summed E-state index contributed by atoms with van der Waals surface area (Å²) in [7, 11) is 0. The molecule has 1 aromatic heterocycles. The molecule has 0 unspecified atom stereocenters. The maximum Gasteiger partial charge on any atom is 0.308 e. The number of aromatic nitrogens is 1. The fraction of sp³-hybridized carbons (Fsp3) is 0.231. The number of nitrogens with two attached hydrogens (primary N) is 1. The van der Waals surface area contributed by atoms with Crippen molar-refractivity contribution in [2.75, 3.05) is 11.1 Å². The summed E-state index contributed by atoms with van der Waals surface area (Å²) in [6.45, 7) is 3.54. The molecule has 1 heterocycles. The number of carbonyl (C=O) groups excluding carboxylic acids is 1. The van der Waals surface area contributed by atoms with Crippen molar-refractivity contribution in [3.63, 3.8) is 0 Å². The van der Waals surface area contributed by atoms with Crippen LogP contribution in [0.25, 0.3) is 0 Å². The predicted octanol–water partition coefficient (Wildman–Crippen LogP) is 3.05. The minimum Gasteiger partial charge on any atom is -0.397 e. The van der Waals surface area contributed by atoms with Crippen LogP contribution in [-0.2, 0) is 11.3 Å². The molecule has 21 heavy (non-hydrogen) atoms. The van der Waals surface area contributed by atoms with Gasteiger partial charge in [-0.25, -0.2) is 0 Å². The molecular weight excluding hydrogens is 333 g/mol. The minimum absolute atomic E-state index is 0.0899. The van der Waals surface area contributed by atoms with Gasteiger partial charge in [-0.05, 0) is 26.0 Å². The van der Waals surface area contributed by atoms with E-state index in [1.807, 2.05) is 6.92 Å². The van der Waals surface area contributed by atoms with Crippen molar-refractivity contribution in [2.45, 2.75) is 20.4 Å². The maximum atomic E-state index is 12.1. The predicted molar refractivity (Wildman–Crippen MR) is 87.6 cm³/mol. The number of rotatable bonds is 3. The van der Waals surface area contributed by atoms with Crippen molar-refractivity contribution in [3.05, 3.63) is 42.4 Å². The third-order valence-corrected chi connectivity index (χ3v) is 4.54. The highest BCUT2D eigenvalue weighted by atomic mass is 35.5. The number of nitrogen functional groups attached to an aromatic ring is 1. The van der Waals surface area contributed by atoms with Crippen molar-refractivity contribution in [2.24, 2.45) is 0 Å². The van der Waals surface area contributed by atoms with Crippen LogP contribution >= 0.6 is 34.5 Å². The molecule has 0 aliphatic rings. The number of carbonyl (C=O) groups is 1. The number of aryl methyl sites for hydroxylation is 1. The number of halogens is 2. The molecule has 1 aromatic carbocycles. The quantitative estimate of drug-likeness (QED) is 0.839. The van der Waals surface area contributed by atoms with Crippen LogP contribution in [0.15, 0.2) is 16.9 Å². The zero-order chi connectivity index (χ0) is 15.7. The molecule has 0 aliphatic heterocycles. The van der Waals surface area contributed by atoms with Gasteiger partial charge in [0.25, 0.3) is 0 Å². The van der Waals surface area contributed by atoms with Crippen LogP contribution in [0.3, 0.4) is 0 Å². The summed E-state index contributed by atoms with van der Waals surface area (Å²) < 4.78 is 1.41. The number of hydrogen-bond acceptors (Lipinski definition) is 4. The molecular formula is C13H13Cl2N3O2S. The Hall–Kier alpha value is -1.50. The average molecular weight is 346 g/mol. The van der Waals surface area contributed by atoms with Gasteiger partial charge in [0, 0.05) is 15.6 Å². The van der Waals surface area contributed by atoms with E-state index in [9.17, 15) is 9.59 Å². The van der Waals surface area contributed by atoms with E-state index in [1.54, 1.807) is 6.92 Å². The molecule has 3 N–H and O–H groups in total. The van der Waals surface area contributed by atoms with Crippen molar-refractivity contribution < 1.29 is 4.79 Å². The van der Waals surface area contributed by atoms with Gasteiger partial charge in [0.15, 0.2) is 0 Å². The summed E-state index contributed by atoms with van der Waals surface area (Å²) in [4.78, 5) is 24.5. The Kier molecular flexibility index (Phi) is 4.61. The lowest BCUT2D eigenvalue weighted by Crippen LogP contribution is -2.25. The van der Waals surface area contributed by atoms with Crippen molar-refractivity contribution in [1.29, 1.82) is 0 Å². The van der Waals surface area contributed by atoms with Gasteiger partial charge >= 0.3 is 4.87 Å². The van der Waals surface area contributed by atoms with E-state index in [1.165, 1.54) is 16.7 Å². The molecule has 0 saturated heterocycles. The van der Waals surface area contributed by atoms with Gasteiger partial charge in [0.2, 0.25) is 5.91 Å². The van der Waals surface area contributed by atoms with Gasteiger partial charge < -0.3 is 11.1 Å². The van der Waals surface area contributed by atoms with Crippen LogP contribution in [0.1, 0.15) is 10.6 Å². The third kappa shape index (κ3) is 3.40.